The van der Waals surface area contributed by atoms with Crippen LogP contribution in [0.15, 0.2) is 4.99 Å². The van der Waals surface area contributed by atoms with Crippen LogP contribution in [0.4, 0.5) is 0 Å². The van der Waals surface area contributed by atoms with Gasteiger partial charge in [-0.3, -0.25) is 14.7 Å². The molecule has 0 aromatic heterocycles. The Labute approximate surface area is 157 Å². The summed E-state index contributed by atoms with van der Waals surface area (Å²) in [4.78, 5) is 23.8. The topological polar surface area (TPSA) is 60.4 Å². The van der Waals surface area contributed by atoms with Crippen LogP contribution in [-0.2, 0) is 9.53 Å². The maximum absolute atomic E-state index is 12.5. The fourth-order valence-electron chi connectivity index (χ4n) is 4.36. The van der Waals surface area contributed by atoms with Gasteiger partial charge in [-0.15, -0.1) is 0 Å². The highest BCUT2D eigenvalue weighted by molar-refractivity contribution is 5.82. The first-order valence-electron chi connectivity index (χ1n) is 10.3. The molecule has 0 spiro atoms. The second-order valence-corrected chi connectivity index (χ2v) is 7.52. The van der Waals surface area contributed by atoms with Gasteiger partial charge in [0.25, 0.3) is 5.91 Å². The fourth-order valence-corrected chi connectivity index (χ4v) is 4.36. The summed E-state index contributed by atoms with van der Waals surface area (Å²) in [6.07, 6.45) is 5.58. The maximum atomic E-state index is 12.5. The lowest BCUT2D eigenvalue weighted by Gasteiger charge is -2.39. The van der Waals surface area contributed by atoms with Gasteiger partial charge in [0.1, 0.15) is 6.10 Å². The van der Waals surface area contributed by atoms with Crippen LogP contribution in [-0.4, -0.2) is 98.2 Å². The Morgan fingerprint density at radius 2 is 1.85 bits per heavy atom. The van der Waals surface area contributed by atoms with Crippen LogP contribution in [0, 0.1) is 0 Å². The van der Waals surface area contributed by atoms with Crippen molar-refractivity contribution in [1.29, 1.82) is 0 Å². The van der Waals surface area contributed by atoms with Gasteiger partial charge in [0.2, 0.25) is 0 Å². The van der Waals surface area contributed by atoms with Gasteiger partial charge >= 0.3 is 0 Å². The number of piperidine rings is 1. The van der Waals surface area contributed by atoms with E-state index in [0.717, 1.165) is 64.7 Å². The van der Waals surface area contributed by atoms with Crippen molar-refractivity contribution >= 4 is 11.9 Å². The van der Waals surface area contributed by atoms with E-state index in [-0.39, 0.29) is 12.0 Å². The van der Waals surface area contributed by atoms with Crippen LogP contribution in [0.25, 0.3) is 0 Å². The van der Waals surface area contributed by atoms with Crippen LogP contribution in [0.2, 0.25) is 0 Å². The Morgan fingerprint density at radius 1 is 1.08 bits per heavy atom. The largest absolute Gasteiger partial charge is 0.368 e. The molecule has 26 heavy (non-hydrogen) atoms. The van der Waals surface area contributed by atoms with Gasteiger partial charge in [-0.05, 0) is 38.8 Å². The normalized spacial score (nSPS) is 28.5. The SMILES string of the molecule is CCN1CCCCC1CNC(=NC)N1CCN(C(=O)C2CCCO2)CC1. The highest BCUT2D eigenvalue weighted by Gasteiger charge is 2.31. The van der Waals surface area contributed by atoms with E-state index >= 15 is 0 Å². The number of carbonyl (C=O) groups is 1. The predicted molar refractivity (Wildman–Crippen MR) is 103 cm³/mol. The molecule has 0 aromatic carbocycles. The Balaban J connectivity index is 1.45. The van der Waals surface area contributed by atoms with Crippen molar-refractivity contribution < 1.29 is 9.53 Å². The Hall–Kier alpha value is -1.34. The third-order valence-electron chi connectivity index (χ3n) is 5.96. The van der Waals surface area contributed by atoms with Crippen molar-refractivity contribution in [2.45, 2.75) is 51.2 Å². The molecule has 0 aromatic rings. The number of aliphatic imine (C=N–C) groups is 1. The van der Waals surface area contributed by atoms with Gasteiger partial charge in [-0.25, -0.2) is 0 Å². The summed E-state index contributed by atoms with van der Waals surface area (Å²) in [5.74, 6) is 1.14. The fraction of sp³-hybridized carbons (Fsp3) is 0.895. The number of carbonyl (C=O) groups excluding carboxylic acids is 1. The van der Waals surface area contributed by atoms with Crippen molar-refractivity contribution in [2.24, 2.45) is 4.99 Å². The van der Waals surface area contributed by atoms with Crippen LogP contribution in [0.1, 0.15) is 39.0 Å². The van der Waals surface area contributed by atoms with E-state index in [1.165, 1.54) is 25.8 Å². The van der Waals surface area contributed by atoms with Crippen molar-refractivity contribution in [3.05, 3.63) is 0 Å². The smallest absolute Gasteiger partial charge is 0.251 e. The molecule has 0 radical (unpaired) electrons. The molecule has 3 aliphatic heterocycles. The molecular formula is C19H35N5O2. The molecule has 3 aliphatic rings. The molecule has 0 bridgehead atoms. The first kappa shape index (κ1) is 19.4. The average molecular weight is 366 g/mol. The Bertz CT molecular complexity index is 484. The van der Waals surface area contributed by atoms with Crippen molar-refractivity contribution in [3.63, 3.8) is 0 Å². The van der Waals surface area contributed by atoms with E-state index in [2.05, 4.69) is 27.0 Å². The average Bonchev–Trinajstić information content (AvgIpc) is 3.23. The second-order valence-electron chi connectivity index (χ2n) is 7.52. The molecule has 0 aliphatic carbocycles. The number of guanidine groups is 1. The molecule has 3 fully saturated rings. The van der Waals surface area contributed by atoms with Crippen LogP contribution >= 0.6 is 0 Å². The molecular weight excluding hydrogens is 330 g/mol. The molecule has 0 saturated carbocycles. The summed E-state index contributed by atoms with van der Waals surface area (Å²) in [7, 11) is 1.85. The molecule has 7 nitrogen and oxygen atoms in total. The number of piperazine rings is 1. The number of ether oxygens (including phenoxy) is 1. The van der Waals surface area contributed by atoms with Crippen LogP contribution in [0.5, 0.6) is 0 Å². The standard InChI is InChI=1S/C19H35N5O2/c1-3-22-9-5-4-7-16(22)15-21-19(20-2)24-12-10-23(11-13-24)18(25)17-8-6-14-26-17/h16-17H,3-15H2,1-2H3,(H,20,21). The zero-order chi connectivity index (χ0) is 18.4. The maximum Gasteiger partial charge on any atom is 0.251 e. The van der Waals surface area contributed by atoms with E-state index in [0.29, 0.717) is 6.04 Å². The minimum atomic E-state index is -0.203. The van der Waals surface area contributed by atoms with Crippen molar-refractivity contribution in [3.8, 4) is 0 Å². The van der Waals surface area contributed by atoms with Gasteiger partial charge in [-0.1, -0.05) is 13.3 Å². The van der Waals surface area contributed by atoms with Gasteiger partial charge in [0, 0.05) is 52.4 Å². The summed E-state index contributed by atoms with van der Waals surface area (Å²) >= 11 is 0. The molecule has 3 heterocycles. The van der Waals surface area contributed by atoms with Gasteiger partial charge in [0.15, 0.2) is 5.96 Å². The number of hydrogen-bond acceptors (Lipinski definition) is 4. The minimum Gasteiger partial charge on any atom is -0.368 e. The zero-order valence-corrected chi connectivity index (χ0v) is 16.5. The summed E-state index contributed by atoms with van der Waals surface area (Å²) in [5.41, 5.74) is 0. The number of amides is 1. The minimum absolute atomic E-state index is 0.172. The number of nitrogens with zero attached hydrogens (tertiary/aromatic N) is 4. The molecule has 3 rings (SSSR count). The van der Waals surface area contributed by atoms with E-state index in [9.17, 15) is 4.79 Å². The molecule has 1 N–H and O–H groups in total. The molecule has 2 unspecified atom stereocenters. The Kier molecular flexibility index (Phi) is 7.14. The summed E-state index contributed by atoms with van der Waals surface area (Å²) in [6.45, 7) is 9.44. The lowest BCUT2D eigenvalue weighted by atomic mass is 10.0. The summed E-state index contributed by atoms with van der Waals surface area (Å²) in [5, 5.41) is 3.58. The van der Waals surface area contributed by atoms with Crippen molar-refractivity contribution in [2.75, 3.05) is 59.5 Å². The molecule has 7 heteroatoms. The number of rotatable bonds is 4. The van der Waals surface area contributed by atoms with Crippen LogP contribution < -0.4 is 5.32 Å². The monoisotopic (exact) mass is 365 g/mol. The predicted octanol–water partition coefficient (Wildman–Crippen LogP) is 0.759. The molecule has 1 amide bonds. The van der Waals surface area contributed by atoms with Gasteiger partial charge in [-0.2, -0.15) is 0 Å². The first-order valence-corrected chi connectivity index (χ1v) is 10.3. The van der Waals surface area contributed by atoms with E-state index < -0.39 is 0 Å². The third kappa shape index (κ3) is 4.68. The zero-order valence-electron chi connectivity index (χ0n) is 16.5. The highest BCUT2D eigenvalue weighted by atomic mass is 16.5. The lowest BCUT2D eigenvalue weighted by Crippen LogP contribution is -2.56. The number of likely N-dealkylation sites (tertiary alicyclic amines) is 1. The van der Waals surface area contributed by atoms with Gasteiger partial charge in [0.05, 0.1) is 0 Å². The highest BCUT2D eigenvalue weighted by Crippen LogP contribution is 2.17. The number of likely N-dealkylation sites (N-methyl/N-ethyl adjacent to an activating group) is 1. The van der Waals surface area contributed by atoms with E-state index in [4.69, 9.17) is 4.74 Å². The van der Waals surface area contributed by atoms with Gasteiger partial charge < -0.3 is 19.9 Å². The number of hydrogen-bond donors (Lipinski definition) is 1. The summed E-state index contributed by atoms with van der Waals surface area (Å²) < 4.78 is 5.54. The molecule has 148 valence electrons. The van der Waals surface area contributed by atoms with Crippen LogP contribution in [0.3, 0.4) is 0 Å². The van der Waals surface area contributed by atoms with E-state index in [1.807, 2.05) is 11.9 Å². The lowest BCUT2D eigenvalue weighted by molar-refractivity contribution is -0.142. The quantitative estimate of drug-likeness (QED) is 0.589. The third-order valence-corrected chi connectivity index (χ3v) is 5.96. The van der Waals surface area contributed by atoms with Crippen molar-refractivity contribution in [1.82, 2.24) is 20.0 Å². The molecule has 3 saturated heterocycles. The first-order chi connectivity index (χ1) is 12.7. The molecule has 2 atom stereocenters. The number of nitrogens with one attached hydrogen (secondary N) is 1. The second kappa shape index (κ2) is 9.55. The summed E-state index contributed by atoms with van der Waals surface area (Å²) in [6, 6.07) is 0.605. The Morgan fingerprint density at radius 3 is 2.50 bits per heavy atom. The van der Waals surface area contributed by atoms with E-state index in [1.54, 1.807) is 0 Å².